The van der Waals surface area contributed by atoms with Crippen LogP contribution in [0.3, 0.4) is 0 Å². The molecule has 30 heavy (non-hydrogen) atoms. The summed E-state index contributed by atoms with van der Waals surface area (Å²) >= 11 is 5.71. The molecule has 4 heterocycles. The summed E-state index contributed by atoms with van der Waals surface area (Å²) in [7, 11) is 0. The van der Waals surface area contributed by atoms with Crippen molar-refractivity contribution < 1.29 is 4.39 Å². The van der Waals surface area contributed by atoms with E-state index in [0.717, 1.165) is 22.9 Å². The van der Waals surface area contributed by atoms with Gasteiger partial charge in [0.05, 0.1) is 11.7 Å². The SMILES string of the molecule is Fc1ccc(N2C(=S)N[C@H](c3ccccn3)[C@@H]2c2cccn2-c2ccccn2)cc1. The second kappa shape index (κ2) is 7.68. The van der Waals surface area contributed by atoms with Crippen LogP contribution in [-0.4, -0.2) is 19.6 Å². The minimum atomic E-state index is -0.286. The predicted octanol–water partition coefficient (Wildman–Crippen LogP) is 4.58. The Balaban J connectivity index is 1.67. The molecule has 1 fully saturated rings. The van der Waals surface area contributed by atoms with Gasteiger partial charge >= 0.3 is 0 Å². The van der Waals surface area contributed by atoms with Gasteiger partial charge in [-0.05, 0) is 72.9 Å². The first-order chi connectivity index (χ1) is 14.7. The van der Waals surface area contributed by atoms with Crippen LogP contribution >= 0.6 is 12.2 Å². The summed E-state index contributed by atoms with van der Waals surface area (Å²) in [4.78, 5) is 11.1. The Labute approximate surface area is 178 Å². The topological polar surface area (TPSA) is 46.0 Å². The summed E-state index contributed by atoms with van der Waals surface area (Å²) in [6, 6.07) is 21.7. The molecule has 0 aliphatic carbocycles. The molecule has 2 atom stereocenters. The summed E-state index contributed by atoms with van der Waals surface area (Å²) in [6.45, 7) is 0. The third kappa shape index (κ3) is 3.23. The van der Waals surface area contributed by atoms with Crippen molar-refractivity contribution in [1.29, 1.82) is 0 Å². The van der Waals surface area contributed by atoms with Gasteiger partial charge in [0, 0.05) is 30.0 Å². The highest BCUT2D eigenvalue weighted by Gasteiger charge is 2.42. The van der Waals surface area contributed by atoms with Crippen molar-refractivity contribution in [1.82, 2.24) is 19.9 Å². The molecule has 4 aromatic rings. The number of benzene rings is 1. The fourth-order valence-corrected chi connectivity index (χ4v) is 4.22. The van der Waals surface area contributed by atoms with Crippen LogP contribution in [0.1, 0.15) is 23.5 Å². The normalized spacial score (nSPS) is 18.4. The number of aromatic nitrogens is 3. The third-order valence-corrected chi connectivity index (χ3v) is 5.50. The number of hydrogen-bond acceptors (Lipinski definition) is 3. The van der Waals surface area contributed by atoms with Gasteiger partial charge in [-0.3, -0.25) is 4.98 Å². The van der Waals surface area contributed by atoms with Crippen LogP contribution in [-0.2, 0) is 0 Å². The number of halogens is 1. The monoisotopic (exact) mass is 415 g/mol. The van der Waals surface area contributed by atoms with E-state index in [1.165, 1.54) is 12.1 Å². The van der Waals surface area contributed by atoms with Gasteiger partial charge in [-0.2, -0.15) is 0 Å². The van der Waals surface area contributed by atoms with Gasteiger partial charge in [0.15, 0.2) is 5.11 Å². The molecule has 0 radical (unpaired) electrons. The zero-order valence-electron chi connectivity index (χ0n) is 15.9. The molecule has 1 saturated heterocycles. The van der Waals surface area contributed by atoms with E-state index < -0.39 is 0 Å². The number of rotatable bonds is 4. The molecule has 7 heteroatoms. The lowest BCUT2D eigenvalue weighted by Gasteiger charge is -2.28. The molecule has 0 saturated carbocycles. The molecular weight excluding hydrogens is 397 g/mol. The summed E-state index contributed by atoms with van der Waals surface area (Å²) < 4.78 is 15.6. The Morgan fingerprint density at radius 3 is 2.33 bits per heavy atom. The first-order valence-electron chi connectivity index (χ1n) is 9.57. The Hall–Kier alpha value is -3.58. The Kier molecular flexibility index (Phi) is 4.72. The van der Waals surface area contributed by atoms with Gasteiger partial charge in [-0.25, -0.2) is 9.37 Å². The van der Waals surface area contributed by atoms with Crippen molar-refractivity contribution in [2.75, 3.05) is 4.90 Å². The van der Waals surface area contributed by atoms with Crippen molar-refractivity contribution in [3.63, 3.8) is 0 Å². The largest absolute Gasteiger partial charge is 0.351 e. The first-order valence-corrected chi connectivity index (χ1v) is 9.98. The van der Waals surface area contributed by atoms with Crippen LogP contribution in [0.5, 0.6) is 0 Å². The highest BCUT2D eigenvalue weighted by Crippen LogP contribution is 2.42. The van der Waals surface area contributed by atoms with E-state index in [2.05, 4.69) is 21.4 Å². The van der Waals surface area contributed by atoms with E-state index >= 15 is 0 Å². The van der Waals surface area contributed by atoms with Crippen molar-refractivity contribution in [3.05, 3.63) is 109 Å². The van der Waals surface area contributed by atoms with Gasteiger partial charge in [0.2, 0.25) is 0 Å². The smallest absolute Gasteiger partial charge is 0.174 e. The van der Waals surface area contributed by atoms with E-state index in [-0.39, 0.29) is 17.9 Å². The molecule has 0 unspecified atom stereocenters. The number of nitrogens with zero attached hydrogens (tertiary/aromatic N) is 4. The maximum Gasteiger partial charge on any atom is 0.174 e. The Bertz CT molecular complexity index is 1160. The lowest BCUT2D eigenvalue weighted by Crippen LogP contribution is -2.30. The van der Waals surface area contributed by atoms with Crippen molar-refractivity contribution in [3.8, 4) is 5.82 Å². The average Bonchev–Trinajstić information content (AvgIpc) is 3.40. The second-order valence-electron chi connectivity index (χ2n) is 6.96. The van der Waals surface area contributed by atoms with Gasteiger partial charge in [0.25, 0.3) is 0 Å². The molecule has 5 nitrogen and oxygen atoms in total. The molecule has 1 aromatic carbocycles. The summed E-state index contributed by atoms with van der Waals surface area (Å²) in [6.07, 6.45) is 5.53. The zero-order chi connectivity index (χ0) is 20.5. The summed E-state index contributed by atoms with van der Waals surface area (Å²) in [5.41, 5.74) is 2.69. The van der Waals surface area contributed by atoms with Crippen LogP contribution in [0.2, 0.25) is 0 Å². The zero-order valence-corrected chi connectivity index (χ0v) is 16.7. The van der Waals surface area contributed by atoms with Gasteiger partial charge < -0.3 is 14.8 Å². The predicted molar refractivity (Wildman–Crippen MR) is 118 cm³/mol. The minimum Gasteiger partial charge on any atom is -0.351 e. The van der Waals surface area contributed by atoms with E-state index in [0.29, 0.717) is 5.11 Å². The quantitative estimate of drug-likeness (QED) is 0.494. The lowest BCUT2D eigenvalue weighted by atomic mass is 10.0. The molecule has 3 aromatic heterocycles. The molecular formula is C23H18FN5S. The van der Waals surface area contributed by atoms with Gasteiger partial charge in [-0.1, -0.05) is 12.1 Å². The number of anilines is 1. The maximum absolute atomic E-state index is 13.6. The average molecular weight is 415 g/mol. The van der Waals surface area contributed by atoms with Crippen LogP contribution in [0.4, 0.5) is 10.1 Å². The molecule has 148 valence electrons. The second-order valence-corrected chi connectivity index (χ2v) is 7.35. The van der Waals surface area contributed by atoms with Crippen LogP contribution in [0.15, 0.2) is 91.4 Å². The summed E-state index contributed by atoms with van der Waals surface area (Å²) in [5, 5.41) is 3.98. The fraction of sp³-hybridized carbons (Fsp3) is 0.0870. The van der Waals surface area contributed by atoms with Crippen LogP contribution < -0.4 is 10.2 Å². The molecule has 0 amide bonds. The highest BCUT2D eigenvalue weighted by molar-refractivity contribution is 7.80. The van der Waals surface area contributed by atoms with Crippen molar-refractivity contribution in [2.45, 2.75) is 12.1 Å². The molecule has 5 rings (SSSR count). The number of nitrogens with one attached hydrogen (secondary N) is 1. The third-order valence-electron chi connectivity index (χ3n) is 5.18. The number of pyridine rings is 2. The van der Waals surface area contributed by atoms with Crippen molar-refractivity contribution in [2.24, 2.45) is 0 Å². The number of thiocarbonyl (C=S) groups is 1. The van der Waals surface area contributed by atoms with Crippen molar-refractivity contribution >= 4 is 23.0 Å². The Morgan fingerprint density at radius 2 is 1.63 bits per heavy atom. The van der Waals surface area contributed by atoms with E-state index in [1.807, 2.05) is 58.1 Å². The lowest BCUT2D eigenvalue weighted by molar-refractivity contribution is 0.548. The molecule has 0 bridgehead atoms. The Morgan fingerprint density at radius 1 is 0.867 bits per heavy atom. The van der Waals surface area contributed by atoms with Crippen LogP contribution in [0.25, 0.3) is 5.82 Å². The molecule has 1 aliphatic rings. The summed E-state index contributed by atoms with van der Waals surface area (Å²) in [5.74, 6) is 0.528. The van der Waals surface area contributed by atoms with E-state index in [1.54, 1.807) is 24.5 Å². The van der Waals surface area contributed by atoms with E-state index in [4.69, 9.17) is 12.2 Å². The van der Waals surface area contributed by atoms with E-state index in [9.17, 15) is 4.39 Å². The molecule has 0 spiro atoms. The van der Waals surface area contributed by atoms with Gasteiger partial charge in [0.1, 0.15) is 17.7 Å². The highest BCUT2D eigenvalue weighted by atomic mass is 32.1. The fourth-order valence-electron chi connectivity index (χ4n) is 3.88. The standard InChI is InChI=1S/C23H18FN5S/c24-16-9-11-17(12-10-16)29-22(21(27-23(29)30)18-6-1-3-13-25-18)19-7-5-15-28(19)20-8-2-4-14-26-20/h1-15,21-22H,(H,27,30)/t21-,22+/m1/s1. The molecule has 1 aliphatic heterocycles. The molecule has 1 N–H and O–H groups in total. The van der Waals surface area contributed by atoms with Crippen LogP contribution in [0, 0.1) is 5.82 Å². The first kappa shape index (κ1) is 18.4. The maximum atomic E-state index is 13.6. The number of hydrogen-bond donors (Lipinski definition) is 1. The minimum absolute atomic E-state index is 0.180. The van der Waals surface area contributed by atoms with Gasteiger partial charge in [-0.15, -0.1) is 0 Å².